The van der Waals surface area contributed by atoms with Gasteiger partial charge in [0.05, 0.1) is 39.6 Å². The van der Waals surface area contributed by atoms with Crippen molar-refractivity contribution in [3.63, 3.8) is 0 Å². The molecule has 0 aromatic carbocycles. The lowest BCUT2D eigenvalue weighted by Gasteiger charge is -2.16. The lowest BCUT2D eigenvalue weighted by atomic mass is 10.4. The Morgan fingerprint density at radius 1 is 1.19 bits per heavy atom. The summed E-state index contributed by atoms with van der Waals surface area (Å²) in [6, 6.07) is 0. The molecule has 1 unspecified atom stereocenters. The van der Waals surface area contributed by atoms with Gasteiger partial charge >= 0.3 is 0 Å². The highest BCUT2D eigenvalue weighted by molar-refractivity contribution is 4.71. The van der Waals surface area contributed by atoms with Crippen molar-refractivity contribution in [3.8, 4) is 0 Å². The zero-order chi connectivity index (χ0) is 11.6. The van der Waals surface area contributed by atoms with Crippen LogP contribution in [0.15, 0.2) is 25.3 Å². The fraction of sp³-hybridized carbons (Fsp3) is 0.667. The van der Waals surface area contributed by atoms with E-state index < -0.39 is 0 Å². The van der Waals surface area contributed by atoms with E-state index in [1.54, 1.807) is 12.2 Å². The summed E-state index contributed by atoms with van der Waals surface area (Å²) in [4.78, 5) is 0. The van der Waals surface area contributed by atoms with Crippen LogP contribution in [0.5, 0.6) is 0 Å². The lowest BCUT2D eigenvalue weighted by molar-refractivity contribution is -0.0553. The first-order valence-electron chi connectivity index (χ1n) is 5.47. The van der Waals surface area contributed by atoms with E-state index in [0.29, 0.717) is 33.0 Å². The van der Waals surface area contributed by atoms with Crippen LogP contribution in [-0.2, 0) is 18.9 Å². The first-order chi connectivity index (χ1) is 7.86. The molecule has 1 aliphatic rings. The Morgan fingerprint density at radius 2 is 1.75 bits per heavy atom. The molecule has 1 rings (SSSR count). The van der Waals surface area contributed by atoms with Gasteiger partial charge in [0.25, 0.3) is 0 Å². The minimum Gasteiger partial charge on any atom is -0.375 e. The first kappa shape index (κ1) is 13.4. The molecule has 1 saturated heterocycles. The van der Waals surface area contributed by atoms with Crippen LogP contribution in [0.2, 0.25) is 0 Å². The predicted octanol–water partition coefficient (Wildman–Crippen LogP) is 1.18. The SMILES string of the molecule is C=CCOCC(COCC=C)OCC1CO1. The van der Waals surface area contributed by atoms with Gasteiger partial charge in [-0.25, -0.2) is 0 Å². The second-order valence-corrected chi connectivity index (χ2v) is 3.56. The van der Waals surface area contributed by atoms with E-state index in [-0.39, 0.29) is 12.2 Å². The minimum atomic E-state index is -0.0518. The van der Waals surface area contributed by atoms with Gasteiger partial charge in [-0.15, -0.1) is 13.2 Å². The normalized spacial score (nSPS) is 18.7. The molecule has 1 heterocycles. The average Bonchev–Trinajstić information content (AvgIpc) is 3.09. The zero-order valence-corrected chi connectivity index (χ0v) is 9.60. The monoisotopic (exact) mass is 228 g/mol. The standard InChI is InChI=1S/C12H20O4/c1-3-5-13-7-11(8-14-6-4-2)15-9-12-10-16-12/h3-4,11-12H,1-2,5-10H2. The molecular formula is C12H20O4. The molecule has 0 bridgehead atoms. The van der Waals surface area contributed by atoms with Gasteiger partial charge in [-0.2, -0.15) is 0 Å². The number of hydrogen-bond acceptors (Lipinski definition) is 4. The first-order valence-corrected chi connectivity index (χ1v) is 5.47. The number of hydrogen-bond donors (Lipinski definition) is 0. The summed E-state index contributed by atoms with van der Waals surface area (Å²) in [7, 11) is 0. The fourth-order valence-electron chi connectivity index (χ4n) is 1.12. The topological polar surface area (TPSA) is 40.2 Å². The Bertz CT molecular complexity index is 187. The Labute approximate surface area is 96.8 Å². The van der Waals surface area contributed by atoms with Crippen LogP contribution in [0.1, 0.15) is 0 Å². The molecule has 16 heavy (non-hydrogen) atoms. The second-order valence-electron chi connectivity index (χ2n) is 3.56. The molecule has 1 atom stereocenters. The van der Waals surface area contributed by atoms with E-state index in [1.165, 1.54) is 0 Å². The number of rotatable bonds is 11. The Morgan fingerprint density at radius 3 is 2.19 bits per heavy atom. The minimum absolute atomic E-state index is 0.0518. The Balaban J connectivity index is 2.10. The Kier molecular flexibility index (Phi) is 7.09. The fourth-order valence-corrected chi connectivity index (χ4v) is 1.12. The summed E-state index contributed by atoms with van der Waals surface area (Å²) in [6.45, 7) is 10.7. The highest BCUT2D eigenvalue weighted by Gasteiger charge is 2.24. The summed E-state index contributed by atoms with van der Waals surface area (Å²) in [5.41, 5.74) is 0. The van der Waals surface area contributed by atoms with Crippen LogP contribution < -0.4 is 0 Å². The van der Waals surface area contributed by atoms with E-state index in [4.69, 9.17) is 18.9 Å². The summed E-state index contributed by atoms with van der Waals surface area (Å²) in [5.74, 6) is 0. The number of ether oxygens (including phenoxy) is 4. The molecule has 1 fully saturated rings. The maximum absolute atomic E-state index is 5.62. The molecule has 92 valence electrons. The molecule has 0 N–H and O–H groups in total. The van der Waals surface area contributed by atoms with Crippen LogP contribution in [0.25, 0.3) is 0 Å². The smallest absolute Gasteiger partial charge is 0.104 e. The highest BCUT2D eigenvalue weighted by atomic mass is 16.6. The third kappa shape index (κ3) is 6.74. The van der Waals surface area contributed by atoms with Gasteiger partial charge in [-0.3, -0.25) is 0 Å². The van der Waals surface area contributed by atoms with Gasteiger partial charge in [0.15, 0.2) is 0 Å². The van der Waals surface area contributed by atoms with Crippen molar-refractivity contribution in [1.29, 1.82) is 0 Å². The maximum atomic E-state index is 5.62. The van der Waals surface area contributed by atoms with E-state index in [2.05, 4.69) is 13.2 Å². The third-order valence-corrected chi connectivity index (χ3v) is 2.00. The van der Waals surface area contributed by atoms with Gasteiger partial charge in [-0.05, 0) is 0 Å². The van der Waals surface area contributed by atoms with Crippen LogP contribution in [0.4, 0.5) is 0 Å². The second kappa shape index (κ2) is 8.47. The summed E-state index contributed by atoms with van der Waals surface area (Å²) in [5, 5.41) is 0. The van der Waals surface area contributed by atoms with Gasteiger partial charge < -0.3 is 18.9 Å². The predicted molar refractivity (Wildman–Crippen MR) is 61.5 cm³/mol. The van der Waals surface area contributed by atoms with Crippen LogP contribution >= 0.6 is 0 Å². The van der Waals surface area contributed by atoms with Gasteiger partial charge in [-0.1, -0.05) is 12.2 Å². The van der Waals surface area contributed by atoms with Crippen molar-refractivity contribution in [1.82, 2.24) is 0 Å². The molecule has 0 saturated carbocycles. The molecule has 0 aliphatic carbocycles. The lowest BCUT2D eigenvalue weighted by Crippen LogP contribution is -2.27. The summed E-state index contributed by atoms with van der Waals surface area (Å²) < 4.78 is 21.4. The van der Waals surface area contributed by atoms with E-state index >= 15 is 0 Å². The maximum Gasteiger partial charge on any atom is 0.104 e. The van der Waals surface area contributed by atoms with Crippen molar-refractivity contribution < 1.29 is 18.9 Å². The molecule has 4 heteroatoms. The quantitative estimate of drug-likeness (QED) is 0.302. The van der Waals surface area contributed by atoms with E-state index in [1.807, 2.05) is 0 Å². The third-order valence-electron chi connectivity index (χ3n) is 2.00. The molecular weight excluding hydrogens is 208 g/mol. The molecule has 0 radical (unpaired) electrons. The van der Waals surface area contributed by atoms with Crippen molar-refractivity contribution in [2.75, 3.05) is 39.6 Å². The van der Waals surface area contributed by atoms with Gasteiger partial charge in [0.2, 0.25) is 0 Å². The van der Waals surface area contributed by atoms with Gasteiger partial charge in [0.1, 0.15) is 12.2 Å². The highest BCUT2D eigenvalue weighted by Crippen LogP contribution is 2.10. The van der Waals surface area contributed by atoms with Gasteiger partial charge in [0, 0.05) is 0 Å². The average molecular weight is 228 g/mol. The number of epoxide rings is 1. The van der Waals surface area contributed by atoms with E-state index in [9.17, 15) is 0 Å². The van der Waals surface area contributed by atoms with Crippen molar-refractivity contribution in [2.45, 2.75) is 12.2 Å². The van der Waals surface area contributed by atoms with E-state index in [0.717, 1.165) is 6.61 Å². The van der Waals surface area contributed by atoms with Crippen molar-refractivity contribution in [3.05, 3.63) is 25.3 Å². The summed E-state index contributed by atoms with van der Waals surface area (Å²) >= 11 is 0. The zero-order valence-electron chi connectivity index (χ0n) is 9.60. The molecule has 0 aromatic rings. The molecule has 4 nitrogen and oxygen atoms in total. The molecule has 0 aromatic heterocycles. The largest absolute Gasteiger partial charge is 0.375 e. The molecule has 0 amide bonds. The molecule has 1 aliphatic heterocycles. The molecule has 0 spiro atoms. The summed E-state index contributed by atoms with van der Waals surface area (Å²) in [6.07, 6.45) is 3.64. The van der Waals surface area contributed by atoms with Crippen molar-refractivity contribution in [2.24, 2.45) is 0 Å². The van der Waals surface area contributed by atoms with Crippen LogP contribution in [0.3, 0.4) is 0 Å². The van der Waals surface area contributed by atoms with Crippen LogP contribution in [-0.4, -0.2) is 51.8 Å². The van der Waals surface area contributed by atoms with Crippen LogP contribution in [0, 0.1) is 0 Å². The van der Waals surface area contributed by atoms with Crippen molar-refractivity contribution >= 4 is 0 Å². The Hall–Kier alpha value is -0.680.